The van der Waals surface area contributed by atoms with Crippen molar-refractivity contribution in [3.8, 4) is 0 Å². The molecule has 0 amide bonds. The van der Waals surface area contributed by atoms with Crippen LogP contribution in [0, 0.1) is 12.8 Å². The maximum absolute atomic E-state index is 13.8. The Balaban J connectivity index is 2.15. The highest BCUT2D eigenvalue weighted by Gasteiger charge is 2.65. The second-order valence-corrected chi connectivity index (χ2v) is 6.87. The van der Waals surface area contributed by atoms with E-state index in [1.807, 2.05) is 12.2 Å². The molecule has 0 unspecified atom stereocenters. The predicted molar refractivity (Wildman–Crippen MR) is 98.1 cm³/mol. The minimum absolute atomic E-state index is 0.0682. The fraction of sp³-hybridized carbons (Fsp3) is 0.263. The summed E-state index contributed by atoms with van der Waals surface area (Å²) in [5, 5.41) is 14.8. The van der Waals surface area contributed by atoms with Gasteiger partial charge < -0.3 is 15.7 Å². The van der Waals surface area contributed by atoms with Gasteiger partial charge in [0.1, 0.15) is 5.92 Å². The summed E-state index contributed by atoms with van der Waals surface area (Å²) in [7, 11) is 0. The Morgan fingerprint density at radius 3 is 2.26 bits per heavy atom. The average Bonchev–Trinajstić information content (AvgIpc) is 2.61. The zero-order valence-corrected chi connectivity index (χ0v) is 15.1. The van der Waals surface area contributed by atoms with Crippen molar-refractivity contribution < 1.29 is 23.1 Å². The highest BCUT2D eigenvalue weighted by Crippen LogP contribution is 2.43. The fourth-order valence-corrected chi connectivity index (χ4v) is 3.46. The van der Waals surface area contributed by atoms with Gasteiger partial charge in [-0.2, -0.15) is 13.2 Å². The largest absolute Gasteiger partial charge is 0.437 e. The molecular weight excluding hydrogens is 377 g/mol. The lowest BCUT2D eigenvalue weighted by atomic mass is 9.77. The quantitative estimate of drug-likeness (QED) is 0.551. The van der Waals surface area contributed by atoms with Gasteiger partial charge in [0.05, 0.1) is 6.04 Å². The van der Waals surface area contributed by atoms with Crippen LogP contribution in [0.2, 0.25) is 0 Å². The monoisotopic (exact) mass is 394 g/mol. The Morgan fingerprint density at radius 2 is 1.70 bits per heavy atom. The van der Waals surface area contributed by atoms with Gasteiger partial charge in [-0.1, -0.05) is 60.2 Å². The molecule has 3 atom stereocenters. The van der Waals surface area contributed by atoms with Crippen LogP contribution in [0.3, 0.4) is 0 Å². The van der Waals surface area contributed by atoms with Crippen LogP contribution < -0.4 is 10.6 Å². The Hall–Kier alpha value is -2.45. The van der Waals surface area contributed by atoms with Crippen molar-refractivity contribution in [3.63, 3.8) is 0 Å². The van der Waals surface area contributed by atoms with E-state index in [0.29, 0.717) is 5.56 Å². The second kappa shape index (κ2) is 6.94. The van der Waals surface area contributed by atoms with Crippen molar-refractivity contribution >= 4 is 23.1 Å². The molecule has 4 nitrogen and oxygen atoms in total. The van der Waals surface area contributed by atoms with Crippen LogP contribution in [-0.4, -0.2) is 27.9 Å². The van der Waals surface area contributed by atoms with Gasteiger partial charge in [0.15, 0.2) is 10.9 Å². The topological polar surface area (TPSA) is 61.4 Å². The number of aliphatic hydroxyl groups is 1. The Labute approximate surface area is 159 Å². The van der Waals surface area contributed by atoms with E-state index in [1.165, 1.54) is 12.1 Å². The van der Waals surface area contributed by atoms with Crippen LogP contribution in [-0.2, 0) is 0 Å². The number of alkyl halides is 3. The minimum atomic E-state index is -5.13. The highest BCUT2D eigenvalue weighted by molar-refractivity contribution is 7.80. The first-order chi connectivity index (χ1) is 12.6. The first-order valence-corrected chi connectivity index (χ1v) is 8.58. The molecule has 1 saturated heterocycles. The van der Waals surface area contributed by atoms with Crippen LogP contribution in [0.25, 0.3) is 0 Å². The van der Waals surface area contributed by atoms with Gasteiger partial charge in [-0.05, 0) is 24.7 Å². The SMILES string of the molecule is Cc1ccc([C@H]2NC(=S)N[C@@](O)(C(F)(F)F)[C@H]2C(=O)c2ccccc2)cc1. The normalized spacial score (nSPS) is 25.4. The number of carbonyl (C=O) groups is 1. The summed E-state index contributed by atoms with van der Waals surface area (Å²) < 4.78 is 41.5. The lowest BCUT2D eigenvalue weighted by molar-refractivity contribution is -0.285. The molecule has 27 heavy (non-hydrogen) atoms. The molecule has 0 saturated carbocycles. The molecule has 0 bridgehead atoms. The lowest BCUT2D eigenvalue weighted by Crippen LogP contribution is -2.72. The number of rotatable bonds is 3. The number of thiocarbonyl (C=S) groups is 1. The van der Waals surface area contributed by atoms with Crippen molar-refractivity contribution in [2.45, 2.75) is 24.9 Å². The molecule has 0 spiro atoms. The number of aryl methyl sites for hydroxylation is 1. The standard InChI is InChI=1S/C19H17F3N2O2S/c1-11-7-9-12(10-8-11)15-14(16(25)13-5-3-2-4-6-13)18(26,19(20,21)22)24-17(27)23-15/h2-10,14-15,26H,1H3,(H2,23,24,27)/t14-,15-,18+/m1/s1. The molecule has 0 aromatic heterocycles. The molecule has 8 heteroatoms. The van der Waals surface area contributed by atoms with E-state index in [-0.39, 0.29) is 10.7 Å². The van der Waals surface area contributed by atoms with Gasteiger partial charge in [0.25, 0.3) is 0 Å². The number of ketones is 1. The van der Waals surface area contributed by atoms with E-state index in [4.69, 9.17) is 12.2 Å². The summed E-state index contributed by atoms with van der Waals surface area (Å²) in [4.78, 5) is 13.0. The number of Topliss-reactive ketones (excluding diaryl/α,β-unsaturated/α-hetero) is 1. The third-order valence-corrected chi connectivity index (χ3v) is 4.80. The maximum Gasteiger partial charge on any atom is 0.437 e. The Bertz CT molecular complexity index is 856. The van der Waals surface area contributed by atoms with Crippen LogP contribution in [0.4, 0.5) is 13.2 Å². The molecule has 1 heterocycles. The summed E-state index contributed by atoms with van der Waals surface area (Å²) in [6.45, 7) is 1.84. The first-order valence-electron chi connectivity index (χ1n) is 8.17. The molecule has 1 aliphatic rings. The summed E-state index contributed by atoms with van der Waals surface area (Å²) in [6.07, 6.45) is -5.13. The molecule has 1 fully saturated rings. The van der Waals surface area contributed by atoms with Gasteiger partial charge in [0.2, 0.25) is 5.72 Å². The molecule has 0 aliphatic carbocycles. The van der Waals surface area contributed by atoms with Gasteiger partial charge >= 0.3 is 6.18 Å². The number of halogens is 3. The third kappa shape index (κ3) is 3.54. The van der Waals surface area contributed by atoms with E-state index in [9.17, 15) is 23.1 Å². The molecule has 3 rings (SSSR count). The van der Waals surface area contributed by atoms with Crippen molar-refractivity contribution in [2.24, 2.45) is 5.92 Å². The van der Waals surface area contributed by atoms with Gasteiger partial charge in [-0.15, -0.1) is 0 Å². The first kappa shape index (κ1) is 19.3. The molecule has 1 aliphatic heterocycles. The van der Waals surface area contributed by atoms with Crippen LogP contribution >= 0.6 is 12.2 Å². The van der Waals surface area contributed by atoms with Crippen LogP contribution in [0.15, 0.2) is 54.6 Å². The van der Waals surface area contributed by atoms with Gasteiger partial charge in [-0.25, -0.2) is 0 Å². The summed E-state index contributed by atoms with van der Waals surface area (Å²) in [6, 6.07) is 13.1. The molecule has 0 radical (unpaired) electrons. The minimum Gasteiger partial charge on any atom is -0.363 e. The summed E-state index contributed by atoms with van der Waals surface area (Å²) in [5.74, 6) is -2.72. The smallest absolute Gasteiger partial charge is 0.363 e. The number of hydrogen-bond donors (Lipinski definition) is 3. The summed E-state index contributed by atoms with van der Waals surface area (Å²) >= 11 is 4.89. The van der Waals surface area contributed by atoms with Crippen molar-refractivity contribution in [1.82, 2.24) is 10.6 Å². The third-order valence-electron chi connectivity index (χ3n) is 4.58. The molecule has 142 valence electrons. The van der Waals surface area contributed by atoms with E-state index in [0.717, 1.165) is 5.56 Å². The van der Waals surface area contributed by atoms with Gasteiger partial charge in [0, 0.05) is 5.56 Å². The number of nitrogens with one attached hydrogen (secondary N) is 2. The number of carbonyl (C=O) groups excluding carboxylic acids is 1. The van der Waals surface area contributed by atoms with Crippen molar-refractivity contribution in [3.05, 3.63) is 71.3 Å². The zero-order valence-electron chi connectivity index (χ0n) is 14.2. The van der Waals surface area contributed by atoms with Crippen LogP contribution in [0.1, 0.15) is 27.5 Å². The van der Waals surface area contributed by atoms with Gasteiger partial charge in [-0.3, -0.25) is 4.79 Å². The van der Waals surface area contributed by atoms with E-state index >= 15 is 0 Å². The van der Waals surface area contributed by atoms with Crippen LogP contribution in [0.5, 0.6) is 0 Å². The van der Waals surface area contributed by atoms with Crippen molar-refractivity contribution in [1.29, 1.82) is 0 Å². The predicted octanol–water partition coefficient (Wildman–Crippen LogP) is 3.26. The maximum atomic E-state index is 13.8. The average molecular weight is 394 g/mol. The lowest BCUT2D eigenvalue weighted by Gasteiger charge is -2.46. The van der Waals surface area contributed by atoms with E-state index in [2.05, 4.69) is 5.32 Å². The fourth-order valence-electron chi connectivity index (χ4n) is 3.17. The van der Waals surface area contributed by atoms with E-state index in [1.54, 1.807) is 42.5 Å². The summed E-state index contributed by atoms with van der Waals surface area (Å²) in [5.41, 5.74) is -2.11. The van der Waals surface area contributed by atoms with Crippen molar-refractivity contribution in [2.75, 3.05) is 0 Å². The number of benzene rings is 2. The molecule has 2 aromatic carbocycles. The highest BCUT2D eigenvalue weighted by atomic mass is 32.1. The number of hydrogen-bond acceptors (Lipinski definition) is 3. The molecule has 2 aromatic rings. The second-order valence-electron chi connectivity index (χ2n) is 6.46. The Kier molecular flexibility index (Phi) is 4.96. The molecule has 3 N–H and O–H groups in total. The zero-order chi connectivity index (χ0) is 19.8. The van der Waals surface area contributed by atoms with E-state index < -0.39 is 29.6 Å². The molecular formula is C19H17F3N2O2S. The Morgan fingerprint density at radius 1 is 1.11 bits per heavy atom.